The standard InChI is InChI=1S/C14H22N2S/c1-11-8-14(15-17-11)10-16-7-6-12-4-2-3-5-13(12)9-16/h8,12-13H,2-7,9-10H2,1H3. The summed E-state index contributed by atoms with van der Waals surface area (Å²) in [7, 11) is 0. The fourth-order valence-electron chi connectivity index (χ4n) is 3.54. The molecule has 0 bridgehead atoms. The smallest absolute Gasteiger partial charge is 0.0685 e. The van der Waals surface area contributed by atoms with Gasteiger partial charge in [-0.05, 0) is 55.7 Å². The van der Waals surface area contributed by atoms with Crippen LogP contribution in [0.1, 0.15) is 42.7 Å². The average Bonchev–Trinajstić information content (AvgIpc) is 2.75. The highest BCUT2D eigenvalue weighted by Gasteiger charge is 2.31. The second-order valence-electron chi connectivity index (χ2n) is 5.76. The summed E-state index contributed by atoms with van der Waals surface area (Å²) in [6, 6.07) is 2.25. The number of aryl methyl sites for hydroxylation is 1. The first-order chi connectivity index (χ1) is 8.31. The van der Waals surface area contributed by atoms with Gasteiger partial charge in [0, 0.05) is 18.0 Å². The molecule has 1 aliphatic carbocycles. The molecule has 0 radical (unpaired) electrons. The number of aromatic nitrogens is 1. The molecular weight excluding hydrogens is 228 g/mol. The quantitative estimate of drug-likeness (QED) is 0.799. The van der Waals surface area contributed by atoms with Gasteiger partial charge in [0.15, 0.2) is 0 Å². The highest BCUT2D eigenvalue weighted by molar-refractivity contribution is 7.05. The SMILES string of the molecule is Cc1cc(CN2CCC3CCCCC3C2)ns1. The van der Waals surface area contributed by atoms with Crippen LogP contribution in [0, 0.1) is 18.8 Å². The summed E-state index contributed by atoms with van der Waals surface area (Å²) < 4.78 is 4.51. The van der Waals surface area contributed by atoms with E-state index in [4.69, 9.17) is 0 Å². The summed E-state index contributed by atoms with van der Waals surface area (Å²) in [5.74, 6) is 2.02. The second-order valence-corrected chi connectivity index (χ2v) is 6.77. The molecule has 2 aliphatic rings. The lowest BCUT2D eigenvalue weighted by atomic mass is 9.75. The van der Waals surface area contributed by atoms with Crippen molar-refractivity contribution in [2.24, 2.45) is 11.8 Å². The molecule has 94 valence electrons. The maximum absolute atomic E-state index is 4.51. The molecule has 2 unspecified atom stereocenters. The average molecular weight is 250 g/mol. The van der Waals surface area contributed by atoms with Crippen LogP contribution in [0.3, 0.4) is 0 Å². The molecule has 2 fully saturated rings. The molecule has 3 rings (SSSR count). The van der Waals surface area contributed by atoms with Crippen molar-refractivity contribution in [3.63, 3.8) is 0 Å². The highest BCUT2D eigenvalue weighted by Crippen LogP contribution is 2.36. The zero-order valence-corrected chi connectivity index (χ0v) is 11.5. The molecule has 1 saturated carbocycles. The predicted molar refractivity (Wildman–Crippen MR) is 72.2 cm³/mol. The number of hydrogen-bond donors (Lipinski definition) is 0. The molecule has 0 aromatic carbocycles. The van der Waals surface area contributed by atoms with Crippen molar-refractivity contribution < 1.29 is 0 Å². The molecule has 0 amide bonds. The van der Waals surface area contributed by atoms with Gasteiger partial charge in [0.25, 0.3) is 0 Å². The van der Waals surface area contributed by atoms with Gasteiger partial charge in [0.2, 0.25) is 0 Å². The lowest BCUT2D eigenvalue weighted by Gasteiger charge is -2.41. The third-order valence-electron chi connectivity index (χ3n) is 4.44. The first-order valence-electron chi connectivity index (χ1n) is 6.96. The summed E-state index contributed by atoms with van der Waals surface area (Å²) in [6.45, 7) is 5.83. The van der Waals surface area contributed by atoms with Gasteiger partial charge >= 0.3 is 0 Å². The summed E-state index contributed by atoms with van der Waals surface area (Å²) in [5, 5.41) is 0. The summed E-state index contributed by atoms with van der Waals surface area (Å²) >= 11 is 1.64. The molecule has 0 N–H and O–H groups in total. The van der Waals surface area contributed by atoms with Crippen LogP contribution in [-0.2, 0) is 6.54 Å². The van der Waals surface area contributed by atoms with E-state index < -0.39 is 0 Å². The first-order valence-corrected chi connectivity index (χ1v) is 7.73. The first kappa shape index (κ1) is 11.7. The number of fused-ring (bicyclic) bond motifs is 1. The predicted octanol–water partition coefficient (Wildman–Crippen LogP) is 3.46. The largest absolute Gasteiger partial charge is 0.297 e. The Hall–Kier alpha value is -0.410. The monoisotopic (exact) mass is 250 g/mol. The Bertz CT molecular complexity index is 374. The summed E-state index contributed by atoms with van der Waals surface area (Å²) in [4.78, 5) is 3.97. The zero-order valence-electron chi connectivity index (χ0n) is 10.7. The Morgan fingerprint density at radius 2 is 2.12 bits per heavy atom. The lowest BCUT2D eigenvalue weighted by Crippen LogP contribution is -2.41. The minimum Gasteiger partial charge on any atom is -0.297 e. The van der Waals surface area contributed by atoms with Crippen LogP contribution >= 0.6 is 11.5 Å². The van der Waals surface area contributed by atoms with E-state index in [-0.39, 0.29) is 0 Å². The van der Waals surface area contributed by atoms with Crippen molar-refractivity contribution >= 4 is 11.5 Å². The lowest BCUT2D eigenvalue weighted by molar-refractivity contribution is 0.0814. The van der Waals surface area contributed by atoms with E-state index in [1.807, 2.05) is 0 Å². The number of likely N-dealkylation sites (tertiary alicyclic amines) is 1. The fourth-order valence-corrected chi connectivity index (χ4v) is 4.10. The molecule has 3 heteroatoms. The minimum atomic E-state index is 0.984. The molecule has 17 heavy (non-hydrogen) atoms. The molecule has 1 aromatic rings. The van der Waals surface area contributed by atoms with Crippen molar-refractivity contribution in [2.75, 3.05) is 13.1 Å². The minimum absolute atomic E-state index is 0.984. The van der Waals surface area contributed by atoms with Gasteiger partial charge in [-0.25, -0.2) is 0 Å². The van der Waals surface area contributed by atoms with Crippen LogP contribution in [-0.4, -0.2) is 22.4 Å². The van der Waals surface area contributed by atoms with Gasteiger partial charge in [-0.1, -0.05) is 19.3 Å². The molecular formula is C14H22N2S. The Morgan fingerprint density at radius 1 is 1.29 bits per heavy atom. The van der Waals surface area contributed by atoms with Gasteiger partial charge in [-0.3, -0.25) is 4.90 Å². The summed E-state index contributed by atoms with van der Waals surface area (Å²) in [6.07, 6.45) is 7.33. The molecule has 1 aliphatic heterocycles. The molecule has 0 spiro atoms. The van der Waals surface area contributed by atoms with Gasteiger partial charge in [0.1, 0.15) is 0 Å². The van der Waals surface area contributed by atoms with Crippen molar-refractivity contribution in [3.8, 4) is 0 Å². The topological polar surface area (TPSA) is 16.1 Å². The van der Waals surface area contributed by atoms with E-state index >= 15 is 0 Å². The van der Waals surface area contributed by atoms with Crippen LogP contribution in [0.5, 0.6) is 0 Å². The van der Waals surface area contributed by atoms with Gasteiger partial charge in [-0.2, -0.15) is 4.37 Å². The molecule has 2 heterocycles. The van der Waals surface area contributed by atoms with E-state index in [1.54, 1.807) is 11.5 Å². The summed E-state index contributed by atoms with van der Waals surface area (Å²) in [5.41, 5.74) is 1.28. The number of piperidine rings is 1. The van der Waals surface area contributed by atoms with E-state index in [1.165, 1.54) is 55.8 Å². The molecule has 1 aromatic heterocycles. The normalized spacial score (nSPS) is 30.2. The van der Waals surface area contributed by atoms with Crippen LogP contribution in [0.25, 0.3) is 0 Å². The van der Waals surface area contributed by atoms with E-state index in [0.29, 0.717) is 0 Å². The van der Waals surface area contributed by atoms with Gasteiger partial charge in [-0.15, -0.1) is 0 Å². The number of hydrogen-bond acceptors (Lipinski definition) is 3. The van der Waals surface area contributed by atoms with Gasteiger partial charge in [0.05, 0.1) is 5.69 Å². The Morgan fingerprint density at radius 3 is 2.88 bits per heavy atom. The Kier molecular flexibility index (Phi) is 3.48. The molecule has 2 atom stereocenters. The van der Waals surface area contributed by atoms with Crippen molar-refractivity contribution in [3.05, 3.63) is 16.6 Å². The zero-order chi connectivity index (χ0) is 11.7. The van der Waals surface area contributed by atoms with Crippen LogP contribution < -0.4 is 0 Å². The maximum atomic E-state index is 4.51. The Balaban J connectivity index is 1.58. The van der Waals surface area contributed by atoms with Crippen LogP contribution in [0.4, 0.5) is 0 Å². The van der Waals surface area contributed by atoms with E-state index in [2.05, 4.69) is 22.3 Å². The van der Waals surface area contributed by atoms with Crippen molar-refractivity contribution in [2.45, 2.75) is 45.6 Å². The van der Waals surface area contributed by atoms with E-state index in [9.17, 15) is 0 Å². The maximum Gasteiger partial charge on any atom is 0.0685 e. The van der Waals surface area contributed by atoms with Crippen LogP contribution in [0.2, 0.25) is 0 Å². The second kappa shape index (κ2) is 5.07. The van der Waals surface area contributed by atoms with E-state index in [0.717, 1.165) is 18.4 Å². The van der Waals surface area contributed by atoms with Crippen molar-refractivity contribution in [1.29, 1.82) is 0 Å². The molecule has 1 saturated heterocycles. The number of nitrogens with zero attached hydrogens (tertiary/aromatic N) is 2. The number of rotatable bonds is 2. The third-order valence-corrected chi connectivity index (χ3v) is 5.17. The van der Waals surface area contributed by atoms with Crippen molar-refractivity contribution in [1.82, 2.24) is 9.27 Å². The van der Waals surface area contributed by atoms with Crippen LogP contribution in [0.15, 0.2) is 6.07 Å². The fraction of sp³-hybridized carbons (Fsp3) is 0.786. The highest BCUT2D eigenvalue weighted by atomic mass is 32.1. The van der Waals surface area contributed by atoms with Gasteiger partial charge < -0.3 is 0 Å². The molecule has 2 nitrogen and oxygen atoms in total. The third kappa shape index (κ3) is 2.71. The Labute approximate surface area is 108 Å².